The van der Waals surface area contributed by atoms with Crippen LogP contribution in [0.15, 0.2) is 53.5 Å². The van der Waals surface area contributed by atoms with E-state index >= 15 is 0 Å². The van der Waals surface area contributed by atoms with E-state index in [0.717, 1.165) is 22.6 Å². The van der Waals surface area contributed by atoms with Gasteiger partial charge in [-0.1, -0.05) is 24.3 Å². The van der Waals surface area contributed by atoms with Crippen molar-refractivity contribution in [2.24, 2.45) is 10.7 Å². The number of nitrogens with two attached hydrogens (primary N) is 1. The van der Waals surface area contributed by atoms with Crippen molar-refractivity contribution in [3.8, 4) is 5.75 Å². The molecule has 0 aliphatic carbocycles. The van der Waals surface area contributed by atoms with E-state index in [-0.39, 0.29) is 35.8 Å². The van der Waals surface area contributed by atoms with E-state index < -0.39 is 10.0 Å². The van der Waals surface area contributed by atoms with Crippen molar-refractivity contribution in [1.29, 1.82) is 0 Å². The van der Waals surface area contributed by atoms with Gasteiger partial charge in [0.25, 0.3) is 0 Å². The van der Waals surface area contributed by atoms with Crippen LogP contribution >= 0.6 is 24.0 Å². The molecule has 0 fully saturated rings. The molecule has 9 heteroatoms. The number of anilines is 1. The van der Waals surface area contributed by atoms with Gasteiger partial charge in [0.1, 0.15) is 5.75 Å². The molecular weight excluding hydrogens is 491 g/mol. The Kier molecular flexibility index (Phi) is 9.70. The maximum absolute atomic E-state index is 12.0. The lowest BCUT2D eigenvalue weighted by atomic mass is 10.1. The molecule has 0 radical (unpaired) electrons. The van der Waals surface area contributed by atoms with E-state index in [9.17, 15) is 8.42 Å². The minimum Gasteiger partial charge on any atom is -0.497 e. The molecule has 0 atom stereocenters. The maximum Gasteiger partial charge on any atom is 0.216 e. The van der Waals surface area contributed by atoms with Crippen LogP contribution < -0.4 is 20.5 Å². The molecule has 0 spiro atoms. The van der Waals surface area contributed by atoms with Gasteiger partial charge in [-0.25, -0.2) is 18.1 Å². The van der Waals surface area contributed by atoms with E-state index in [4.69, 9.17) is 10.5 Å². The average Bonchev–Trinajstić information content (AvgIpc) is 2.60. The second kappa shape index (κ2) is 11.2. The van der Waals surface area contributed by atoms with Crippen LogP contribution in [0.25, 0.3) is 0 Å². The second-order valence-electron chi connectivity index (χ2n) is 6.40. The fourth-order valence-electron chi connectivity index (χ4n) is 2.40. The first kappa shape index (κ1) is 24.2. The number of ether oxygens (including phenoxy) is 1. The number of aliphatic imine (C=N–C) groups is 1. The van der Waals surface area contributed by atoms with Crippen LogP contribution in [-0.4, -0.2) is 27.5 Å². The predicted octanol–water partition coefficient (Wildman–Crippen LogP) is 3.07. The Bertz CT molecular complexity index is 867. The third-order valence-corrected chi connectivity index (χ3v) is 5.13. The fraction of sp³-hybridized carbons (Fsp3) is 0.316. The van der Waals surface area contributed by atoms with Gasteiger partial charge in [0, 0.05) is 11.7 Å². The van der Waals surface area contributed by atoms with Gasteiger partial charge in [0.05, 0.1) is 19.4 Å². The molecule has 2 rings (SSSR count). The number of hydrogen-bond acceptors (Lipinski definition) is 4. The number of guanidine groups is 1. The van der Waals surface area contributed by atoms with Crippen LogP contribution in [0.1, 0.15) is 25.0 Å². The van der Waals surface area contributed by atoms with Crippen molar-refractivity contribution in [3.05, 3.63) is 59.7 Å². The van der Waals surface area contributed by atoms with E-state index in [1.165, 1.54) is 0 Å². The summed E-state index contributed by atoms with van der Waals surface area (Å²) in [4.78, 5) is 4.30. The Balaban J connectivity index is 0.00000392. The molecule has 28 heavy (non-hydrogen) atoms. The summed E-state index contributed by atoms with van der Waals surface area (Å²) >= 11 is 0. The summed E-state index contributed by atoms with van der Waals surface area (Å²) in [5, 5.41) is 3.01. The summed E-state index contributed by atoms with van der Waals surface area (Å²) in [5.74, 6) is 1.02. The molecule has 4 N–H and O–H groups in total. The van der Waals surface area contributed by atoms with Crippen molar-refractivity contribution in [2.45, 2.75) is 32.2 Å². The molecule has 0 aliphatic heterocycles. The standard InChI is InChI=1S/C19H26N4O3S.HI/c1-14(2)23-27(24,25)13-16-6-4-15(5-7-16)12-21-19(20)22-17-8-10-18(26-3)11-9-17;/h4-11,14,23H,12-13H2,1-3H3,(H3,20,21,22);1H. The molecule has 0 saturated carbocycles. The van der Waals surface area contributed by atoms with Crippen LogP contribution in [0.3, 0.4) is 0 Å². The lowest BCUT2D eigenvalue weighted by molar-refractivity contribution is 0.415. The minimum absolute atomic E-state index is 0. The summed E-state index contributed by atoms with van der Waals surface area (Å²) in [7, 11) is -1.72. The quantitative estimate of drug-likeness (QED) is 0.283. The third-order valence-electron chi connectivity index (χ3n) is 3.59. The van der Waals surface area contributed by atoms with Crippen molar-refractivity contribution in [3.63, 3.8) is 0 Å². The highest BCUT2D eigenvalue weighted by atomic mass is 127. The largest absolute Gasteiger partial charge is 0.497 e. The van der Waals surface area contributed by atoms with Gasteiger partial charge >= 0.3 is 0 Å². The highest BCUT2D eigenvalue weighted by Gasteiger charge is 2.12. The van der Waals surface area contributed by atoms with E-state index in [0.29, 0.717) is 12.5 Å². The van der Waals surface area contributed by atoms with Crippen molar-refractivity contribution >= 4 is 45.6 Å². The van der Waals surface area contributed by atoms with Gasteiger partial charge < -0.3 is 15.8 Å². The monoisotopic (exact) mass is 518 g/mol. The molecule has 0 aliphatic rings. The number of hydrogen-bond donors (Lipinski definition) is 3. The molecule has 7 nitrogen and oxygen atoms in total. The summed E-state index contributed by atoms with van der Waals surface area (Å²) in [6.07, 6.45) is 0. The van der Waals surface area contributed by atoms with Gasteiger partial charge in [-0.05, 0) is 49.2 Å². The number of benzene rings is 2. The molecule has 0 aromatic heterocycles. The normalized spacial score (nSPS) is 11.8. The molecule has 0 unspecified atom stereocenters. The third kappa shape index (κ3) is 8.44. The van der Waals surface area contributed by atoms with Crippen LogP contribution in [0.5, 0.6) is 5.75 Å². The second-order valence-corrected chi connectivity index (χ2v) is 8.16. The van der Waals surface area contributed by atoms with Crippen LogP contribution in [0, 0.1) is 0 Å². The number of sulfonamides is 1. The zero-order valence-corrected chi connectivity index (χ0v) is 19.3. The predicted molar refractivity (Wildman–Crippen MR) is 125 cm³/mol. The van der Waals surface area contributed by atoms with Crippen LogP contribution in [0.4, 0.5) is 5.69 Å². The Morgan fingerprint density at radius 1 is 1.07 bits per heavy atom. The van der Waals surface area contributed by atoms with E-state index in [1.807, 2.05) is 36.4 Å². The first-order chi connectivity index (χ1) is 12.8. The fourth-order valence-corrected chi connectivity index (χ4v) is 3.83. The van der Waals surface area contributed by atoms with Crippen molar-refractivity contribution < 1.29 is 13.2 Å². The zero-order chi connectivity index (χ0) is 19.9. The molecule has 0 saturated heterocycles. The van der Waals surface area contributed by atoms with Crippen LogP contribution in [0.2, 0.25) is 0 Å². The molecule has 0 bridgehead atoms. The van der Waals surface area contributed by atoms with Gasteiger partial charge in [0.15, 0.2) is 5.96 Å². The molecule has 0 amide bonds. The lowest BCUT2D eigenvalue weighted by Crippen LogP contribution is -2.31. The SMILES string of the molecule is COc1ccc(NC(N)=NCc2ccc(CS(=O)(=O)NC(C)C)cc2)cc1.I. The van der Waals surface area contributed by atoms with Crippen LogP contribution in [-0.2, 0) is 22.3 Å². The maximum atomic E-state index is 12.0. The van der Waals surface area contributed by atoms with Crippen molar-refractivity contribution in [1.82, 2.24) is 4.72 Å². The summed E-state index contributed by atoms with van der Waals surface area (Å²) in [6.45, 7) is 3.98. The zero-order valence-electron chi connectivity index (χ0n) is 16.2. The average molecular weight is 518 g/mol. The molecule has 2 aromatic carbocycles. The molecular formula is C19H27IN4O3S. The van der Waals surface area contributed by atoms with E-state index in [2.05, 4.69) is 15.0 Å². The summed E-state index contributed by atoms with van der Waals surface area (Å²) < 4.78 is 31.6. The number of nitrogens with zero attached hydrogens (tertiary/aromatic N) is 1. The van der Waals surface area contributed by atoms with Gasteiger partial charge in [0.2, 0.25) is 10.0 Å². The van der Waals surface area contributed by atoms with Crippen molar-refractivity contribution in [2.75, 3.05) is 12.4 Å². The molecule has 154 valence electrons. The lowest BCUT2D eigenvalue weighted by Gasteiger charge is -2.10. The first-order valence-electron chi connectivity index (χ1n) is 8.56. The highest BCUT2D eigenvalue weighted by Crippen LogP contribution is 2.15. The van der Waals surface area contributed by atoms with Gasteiger partial charge in [-0.15, -0.1) is 24.0 Å². The topological polar surface area (TPSA) is 106 Å². The first-order valence-corrected chi connectivity index (χ1v) is 10.2. The number of halogens is 1. The summed E-state index contributed by atoms with van der Waals surface area (Å²) in [6, 6.07) is 14.5. The smallest absolute Gasteiger partial charge is 0.216 e. The summed E-state index contributed by atoms with van der Waals surface area (Å²) in [5.41, 5.74) is 8.38. The van der Waals surface area contributed by atoms with Gasteiger partial charge in [-0.2, -0.15) is 0 Å². The molecule has 0 heterocycles. The number of nitrogens with one attached hydrogen (secondary N) is 2. The number of methoxy groups -OCH3 is 1. The van der Waals surface area contributed by atoms with E-state index in [1.54, 1.807) is 33.1 Å². The number of rotatable bonds is 8. The minimum atomic E-state index is -3.33. The Morgan fingerprint density at radius 2 is 1.64 bits per heavy atom. The highest BCUT2D eigenvalue weighted by molar-refractivity contribution is 14.0. The van der Waals surface area contributed by atoms with Gasteiger partial charge in [-0.3, -0.25) is 0 Å². The Labute approximate surface area is 183 Å². The molecule has 2 aromatic rings. The Hall–Kier alpha value is -1.85. The Morgan fingerprint density at radius 3 is 2.18 bits per heavy atom.